The van der Waals surface area contributed by atoms with E-state index in [4.69, 9.17) is 0 Å². The Labute approximate surface area is 133 Å². The van der Waals surface area contributed by atoms with Crippen molar-refractivity contribution >= 4 is 22.4 Å². The van der Waals surface area contributed by atoms with Gasteiger partial charge in [0.1, 0.15) is 0 Å². The number of hydrogen-bond donors (Lipinski definition) is 1. The minimum absolute atomic E-state index is 0.219. The van der Waals surface area contributed by atoms with E-state index in [1.54, 1.807) is 31.3 Å². The molecule has 0 saturated heterocycles. The highest BCUT2D eigenvalue weighted by Gasteiger charge is 2.16. The highest BCUT2D eigenvalue weighted by molar-refractivity contribution is 6.11. The Bertz CT molecular complexity index is 974. The van der Waals surface area contributed by atoms with Gasteiger partial charge in [0, 0.05) is 18.1 Å². The molecule has 0 aliphatic heterocycles. The van der Waals surface area contributed by atoms with Crippen molar-refractivity contribution in [3.8, 4) is 0 Å². The van der Waals surface area contributed by atoms with Crippen LogP contribution in [-0.2, 0) is 7.05 Å². The van der Waals surface area contributed by atoms with Crippen LogP contribution in [0.1, 0.15) is 21.6 Å². The second kappa shape index (κ2) is 5.68. The highest BCUT2D eigenvalue weighted by Crippen LogP contribution is 2.19. The number of nitrogens with zero attached hydrogens (tertiary/aromatic N) is 2. The van der Waals surface area contributed by atoms with Crippen molar-refractivity contribution in [2.45, 2.75) is 13.8 Å². The summed E-state index contributed by atoms with van der Waals surface area (Å²) >= 11 is 0. The van der Waals surface area contributed by atoms with E-state index in [0.717, 1.165) is 16.8 Å². The van der Waals surface area contributed by atoms with Crippen LogP contribution < -0.4 is 10.9 Å². The van der Waals surface area contributed by atoms with Gasteiger partial charge < -0.3 is 5.32 Å². The number of rotatable bonds is 2. The van der Waals surface area contributed by atoms with Gasteiger partial charge in [-0.1, -0.05) is 30.3 Å². The van der Waals surface area contributed by atoms with E-state index in [1.807, 2.05) is 32.0 Å². The molecule has 0 saturated carbocycles. The maximum Gasteiger partial charge on any atom is 0.276 e. The van der Waals surface area contributed by atoms with Gasteiger partial charge in [-0.05, 0) is 37.1 Å². The summed E-state index contributed by atoms with van der Waals surface area (Å²) in [6.07, 6.45) is 0. The van der Waals surface area contributed by atoms with Crippen LogP contribution in [0.5, 0.6) is 0 Å². The Balaban J connectivity index is 2.10. The molecule has 0 spiro atoms. The van der Waals surface area contributed by atoms with E-state index in [0.29, 0.717) is 10.8 Å². The third-order valence-corrected chi connectivity index (χ3v) is 3.81. The van der Waals surface area contributed by atoms with Crippen molar-refractivity contribution in [2.24, 2.45) is 7.05 Å². The second-order valence-electron chi connectivity index (χ2n) is 5.60. The molecule has 1 amide bonds. The molecule has 0 unspecified atom stereocenters. The summed E-state index contributed by atoms with van der Waals surface area (Å²) in [5, 5.41) is 8.07. The molecule has 0 atom stereocenters. The molecule has 23 heavy (non-hydrogen) atoms. The summed E-state index contributed by atoms with van der Waals surface area (Å²) in [7, 11) is 1.55. The molecule has 5 nitrogen and oxygen atoms in total. The molecule has 0 aliphatic carbocycles. The number of nitrogens with one attached hydrogen (secondary N) is 1. The average molecular weight is 307 g/mol. The van der Waals surface area contributed by atoms with Crippen LogP contribution in [-0.4, -0.2) is 15.7 Å². The second-order valence-corrected chi connectivity index (χ2v) is 5.60. The molecule has 5 heteroatoms. The van der Waals surface area contributed by atoms with Crippen LogP contribution >= 0.6 is 0 Å². The van der Waals surface area contributed by atoms with E-state index < -0.39 is 0 Å². The molecule has 0 bridgehead atoms. The lowest BCUT2D eigenvalue weighted by Gasteiger charge is -2.11. The molecule has 1 aromatic heterocycles. The number of benzene rings is 2. The predicted octanol–water partition coefficient (Wildman–Crippen LogP) is 2.80. The van der Waals surface area contributed by atoms with Crippen molar-refractivity contribution in [1.29, 1.82) is 0 Å². The van der Waals surface area contributed by atoms with E-state index >= 15 is 0 Å². The normalized spacial score (nSPS) is 10.7. The van der Waals surface area contributed by atoms with Gasteiger partial charge in [0.05, 0.1) is 5.39 Å². The molecule has 0 aliphatic rings. The van der Waals surface area contributed by atoms with Crippen LogP contribution in [0.4, 0.5) is 5.69 Å². The van der Waals surface area contributed by atoms with Gasteiger partial charge in [-0.15, -0.1) is 0 Å². The molecule has 3 rings (SSSR count). The van der Waals surface area contributed by atoms with Crippen LogP contribution in [0, 0.1) is 13.8 Å². The zero-order chi connectivity index (χ0) is 16.6. The van der Waals surface area contributed by atoms with Crippen molar-refractivity contribution in [1.82, 2.24) is 9.78 Å². The smallest absolute Gasteiger partial charge is 0.276 e. The number of aryl methyl sites for hydroxylation is 3. The van der Waals surface area contributed by atoms with E-state index in [9.17, 15) is 9.59 Å². The molecule has 0 fully saturated rings. The van der Waals surface area contributed by atoms with Crippen LogP contribution in [0.25, 0.3) is 10.8 Å². The number of hydrogen-bond acceptors (Lipinski definition) is 3. The number of anilines is 1. The first-order chi connectivity index (χ1) is 11.0. The zero-order valence-electron chi connectivity index (χ0n) is 13.3. The van der Waals surface area contributed by atoms with E-state index in [2.05, 4.69) is 10.4 Å². The summed E-state index contributed by atoms with van der Waals surface area (Å²) < 4.78 is 1.19. The van der Waals surface area contributed by atoms with Crippen LogP contribution in [0.3, 0.4) is 0 Å². The number of carbonyl (C=O) groups excluding carboxylic acids is 1. The molecule has 2 aromatic carbocycles. The Morgan fingerprint density at radius 1 is 1.09 bits per heavy atom. The third kappa shape index (κ3) is 2.73. The van der Waals surface area contributed by atoms with Gasteiger partial charge in [-0.25, -0.2) is 4.68 Å². The topological polar surface area (TPSA) is 64.0 Å². The Morgan fingerprint density at radius 2 is 1.78 bits per heavy atom. The fourth-order valence-electron chi connectivity index (χ4n) is 2.52. The quantitative estimate of drug-likeness (QED) is 0.792. The Hall–Kier alpha value is -2.95. The lowest BCUT2D eigenvalue weighted by molar-refractivity contribution is 0.102. The van der Waals surface area contributed by atoms with E-state index in [1.165, 1.54) is 4.68 Å². The molecule has 116 valence electrons. The van der Waals surface area contributed by atoms with Crippen molar-refractivity contribution in [2.75, 3.05) is 5.32 Å². The predicted molar refractivity (Wildman–Crippen MR) is 90.9 cm³/mol. The SMILES string of the molecule is Cc1ccc(C)c(NC(=O)c2nn(C)c(=O)c3ccccc23)c1. The number of fused-ring (bicyclic) bond motifs is 1. The lowest BCUT2D eigenvalue weighted by atomic mass is 10.1. The first-order valence-corrected chi connectivity index (χ1v) is 7.32. The van der Waals surface area contributed by atoms with Crippen molar-refractivity contribution in [3.05, 3.63) is 69.6 Å². The fraction of sp³-hybridized carbons (Fsp3) is 0.167. The summed E-state index contributed by atoms with van der Waals surface area (Å²) in [6.45, 7) is 3.90. The summed E-state index contributed by atoms with van der Waals surface area (Å²) in [5.41, 5.74) is 2.80. The Kier molecular flexibility index (Phi) is 3.70. The standard InChI is InChI=1S/C18H17N3O2/c1-11-8-9-12(2)15(10-11)19-17(22)16-13-6-4-5-7-14(13)18(23)21(3)20-16/h4-10H,1-3H3,(H,19,22). The molecule has 1 heterocycles. The van der Waals surface area contributed by atoms with Gasteiger partial charge in [-0.3, -0.25) is 9.59 Å². The van der Waals surface area contributed by atoms with Crippen molar-refractivity contribution < 1.29 is 4.79 Å². The first kappa shape index (κ1) is 15.0. The monoisotopic (exact) mass is 307 g/mol. The lowest BCUT2D eigenvalue weighted by Crippen LogP contribution is -2.25. The van der Waals surface area contributed by atoms with Gasteiger partial charge >= 0.3 is 0 Å². The van der Waals surface area contributed by atoms with Crippen molar-refractivity contribution in [3.63, 3.8) is 0 Å². The number of aromatic nitrogens is 2. The summed E-state index contributed by atoms with van der Waals surface area (Å²) in [6, 6.07) is 12.9. The largest absolute Gasteiger partial charge is 0.320 e. The Morgan fingerprint density at radius 3 is 2.52 bits per heavy atom. The molecular weight excluding hydrogens is 290 g/mol. The molecular formula is C18H17N3O2. The average Bonchev–Trinajstić information content (AvgIpc) is 2.54. The maximum atomic E-state index is 12.7. The van der Waals surface area contributed by atoms with Crippen LogP contribution in [0.15, 0.2) is 47.3 Å². The molecule has 0 radical (unpaired) electrons. The number of amides is 1. The number of carbonyl (C=O) groups is 1. The van der Waals surface area contributed by atoms with Gasteiger partial charge in [0.15, 0.2) is 5.69 Å². The van der Waals surface area contributed by atoms with Crippen LogP contribution in [0.2, 0.25) is 0 Å². The minimum atomic E-state index is -0.328. The maximum absolute atomic E-state index is 12.7. The third-order valence-electron chi connectivity index (χ3n) is 3.81. The summed E-state index contributed by atoms with van der Waals surface area (Å²) in [4.78, 5) is 24.8. The molecule has 3 aromatic rings. The van der Waals surface area contributed by atoms with Gasteiger partial charge in [0.2, 0.25) is 0 Å². The molecule has 1 N–H and O–H groups in total. The minimum Gasteiger partial charge on any atom is -0.320 e. The first-order valence-electron chi connectivity index (χ1n) is 7.32. The van der Waals surface area contributed by atoms with E-state index in [-0.39, 0.29) is 17.2 Å². The van der Waals surface area contributed by atoms with Gasteiger partial charge in [0.25, 0.3) is 11.5 Å². The fourth-order valence-corrected chi connectivity index (χ4v) is 2.52. The zero-order valence-corrected chi connectivity index (χ0v) is 13.3. The highest BCUT2D eigenvalue weighted by atomic mass is 16.2. The van der Waals surface area contributed by atoms with Gasteiger partial charge in [-0.2, -0.15) is 5.10 Å². The summed E-state index contributed by atoms with van der Waals surface area (Å²) in [5.74, 6) is -0.328.